The molecule has 0 saturated carbocycles. The van der Waals surface area contributed by atoms with Crippen LogP contribution in [0.5, 0.6) is 0 Å². The number of alkyl halides is 2. The number of halogens is 2. The molecule has 0 aromatic rings. The summed E-state index contributed by atoms with van der Waals surface area (Å²) >= 11 is 0. The molecule has 2 rings (SSSR count). The molecule has 2 aliphatic heterocycles. The van der Waals surface area contributed by atoms with Gasteiger partial charge in [-0.3, -0.25) is 4.79 Å². The third-order valence-electron chi connectivity index (χ3n) is 3.13. The number of nitrogens with one attached hydrogen (secondary N) is 1. The molecule has 2 saturated heterocycles. The zero-order valence-corrected chi connectivity index (χ0v) is 8.80. The minimum absolute atomic E-state index is 0.156. The summed E-state index contributed by atoms with van der Waals surface area (Å²) < 4.78 is 25.8. The molecule has 1 N–H and O–H groups in total. The van der Waals surface area contributed by atoms with Gasteiger partial charge in [-0.05, 0) is 18.9 Å². The lowest BCUT2D eigenvalue weighted by atomic mass is 10.1. The highest BCUT2D eigenvalue weighted by Gasteiger charge is 2.42. The van der Waals surface area contributed by atoms with Crippen molar-refractivity contribution in [2.24, 2.45) is 5.92 Å². The van der Waals surface area contributed by atoms with Crippen molar-refractivity contribution in [2.75, 3.05) is 19.6 Å². The molecule has 0 aliphatic carbocycles. The van der Waals surface area contributed by atoms with Gasteiger partial charge >= 0.3 is 0 Å². The molecule has 0 aromatic carbocycles. The summed E-state index contributed by atoms with van der Waals surface area (Å²) in [4.78, 5) is 13.1. The van der Waals surface area contributed by atoms with E-state index >= 15 is 0 Å². The first kappa shape index (κ1) is 10.8. The van der Waals surface area contributed by atoms with Crippen LogP contribution in [0, 0.1) is 5.92 Å². The molecule has 2 heterocycles. The van der Waals surface area contributed by atoms with Crippen LogP contribution < -0.4 is 5.32 Å². The summed E-state index contributed by atoms with van der Waals surface area (Å²) in [6, 6.07) is -0.242. The van der Waals surface area contributed by atoms with Crippen LogP contribution in [0.2, 0.25) is 0 Å². The van der Waals surface area contributed by atoms with Gasteiger partial charge in [-0.15, -0.1) is 0 Å². The maximum Gasteiger partial charge on any atom is 0.267 e. The minimum atomic E-state index is -2.68. The van der Waals surface area contributed by atoms with Gasteiger partial charge in [0.25, 0.3) is 5.92 Å². The summed E-state index contributed by atoms with van der Waals surface area (Å²) in [6.07, 6.45) is 0.571. The van der Waals surface area contributed by atoms with E-state index in [4.69, 9.17) is 0 Å². The van der Waals surface area contributed by atoms with Crippen LogP contribution >= 0.6 is 0 Å². The maximum absolute atomic E-state index is 12.9. The minimum Gasteiger partial charge on any atom is -0.335 e. The number of hydrogen-bond acceptors (Lipinski definition) is 2. The van der Waals surface area contributed by atoms with Gasteiger partial charge in [0.2, 0.25) is 5.91 Å². The molecule has 1 unspecified atom stereocenters. The van der Waals surface area contributed by atoms with Crippen molar-refractivity contribution in [3.8, 4) is 0 Å². The van der Waals surface area contributed by atoms with Crippen LogP contribution in [0.25, 0.3) is 0 Å². The average Bonchev–Trinajstić information content (AvgIpc) is 2.71. The highest BCUT2D eigenvalue weighted by molar-refractivity contribution is 5.82. The molecule has 5 heteroatoms. The van der Waals surface area contributed by atoms with Crippen LogP contribution in [0.3, 0.4) is 0 Å². The van der Waals surface area contributed by atoms with E-state index in [0.29, 0.717) is 5.92 Å². The van der Waals surface area contributed by atoms with Crippen molar-refractivity contribution in [1.82, 2.24) is 10.2 Å². The number of nitrogens with zero attached hydrogens (tertiary/aromatic N) is 1. The second kappa shape index (κ2) is 3.70. The second-order valence-corrected chi connectivity index (χ2v) is 4.67. The highest BCUT2D eigenvalue weighted by atomic mass is 19.3. The fraction of sp³-hybridized carbons (Fsp3) is 0.900. The number of carbonyl (C=O) groups is 1. The Labute approximate surface area is 87.8 Å². The monoisotopic (exact) mass is 218 g/mol. The third kappa shape index (κ3) is 2.27. The lowest BCUT2D eigenvalue weighted by molar-refractivity contribution is -0.133. The van der Waals surface area contributed by atoms with Gasteiger partial charge in [-0.25, -0.2) is 8.78 Å². The molecule has 2 atom stereocenters. The van der Waals surface area contributed by atoms with E-state index in [1.54, 1.807) is 0 Å². The summed E-state index contributed by atoms with van der Waals surface area (Å²) in [6.45, 7) is 2.65. The summed E-state index contributed by atoms with van der Waals surface area (Å²) in [5.74, 6) is -2.38. The average molecular weight is 218 g/mol. The normalized spacial score (nSPS) is 34.7. The summed E-state index contributed by atoms with van der Waals surface area (Å²) in [5, 5.41) is 3.07. The molecule has 0 bridgehead atoms. The summed E-state index contributed by atoms with van der Waals surface area (Å²) in [5.41, 5.74) is 0. The predicted octanol–water partition coefficient (Wildman–Crippen LogP) is 0.852. The van der Waals surface area contributed by atoms with Gasteiger partial charge in [-0.1, -0.05) is 6.92 Å². The SMILES string of the molecule is CC1CN[C@H](C(=O)N2CCC(F)(F)C2)C1. The Kier molecular flexibility index (Phi) is 2.66. The van der Waals surface area contributed by atoms with Crippen molar-refractivity contribution >= 4 is 5.91 Å². The van der Waals surface area contributed by atoms with Crippen LogP contribution in [0.1, 0.15) is 19.8 Å². The van der Waals surface area contributed by atoms with E-state index in [-0.39, 0.29) is 24.9 Å². The molecule has 0 spiro atoms. The topological polar surface area (TPSA) is 32.3 Å². The van der Waals surface area contributed by atoms with Crippen LogP contribution in [-0.2, 0) is 4.79 Å². The lowest BCUT2D eigenvalue weighted by Gasteiger charge is -2.20. The first-order valence-electron chi connectivity index (χ1n) is 5.38. The van der Waals surface area contributed by atoms with E-state index < -0.39 is 12.5 Å². The van der Waals surface area contributed by atoms with Crippen LogP contribution in [-0.4, -0.2) is 42.4 Å². The first-order valence-corrected chi connectivity index (χ1v) is 5.38. The quantitative estimate of drug-likeness (QED) is 0.707. The summed E-state index contributed by atoms with van der Waals surface area (Å²) in [7, 11) is 0. The Hall–Kier alpha value is -0.710. The zero-order valence-electron chi connectivity index (χ0n) is 8.80. The molecular weight excluding hydrogens is 202 g/mol. The Balaban J connectivity index is 1.92. The standard InChI is InChI=1S/C10H16F2N2O/c1-7-4-8(13-5-7)9(15)14-3-2-10(11,12)6-14/h7-8,13H,2-6H2,1H3/t7?,8-/m0/s1. The zero-order chi connectivity index (χ0) is 11.1. The van der Waals surface area contributed by atoms with Crippen molar-refractivity contribution in [2.45, 2.75) is 31.7 Å². The Morgan fingerprint density at radius 1 is 1.53 bits per heavy atom. The molecule has 15 heavy (non-hydrogen) atoms. The molecule has 0 aromatic heterocycles. The number of carbonyl (C=O) groups excluding carboxylic acids is 1. The fourth-order valence-electron chi connectivity index (χ4n) is 2.24. The second-order valence-electron chi connectivity index (χ2n) is 4.67. The van der Waals surface area contributed by atoms with Crippen molar-refractivity contribution < 1.29 is 13.6 Å². The Bertz CT molecular complexity index is 270. The van der Waals surface area contributed by atoms with E-state index in [9.17, 15) is 13.6 Å². The number of amides is 1. The highest BCUT2D eigenvalue weighted by Crippen LogP contribution is 2.28. The van der Waals surface area contributed by atoms with E-state index in [1.807, 2.05) is 0 Å². The van der Waals surface area contributed by atoms with Crippen LogP contribution in [0.4, 0.5) is 8.78 Å². The van der Waals surface area contributed by atoms with Crippen molar-refractivity contribution in [3.63, 3.8) is 0 Å². The van der Waals surface area contributed by atoms with E-state index in [1.165, 1.54) is 4.90 Å². The lowest BCUT2D eigenvalue weighted by Crippen LogP contribution is -2.43. The Morgan fingerprint density at radius 3 is 2.73 bits per heavy atom. The van der Waals surface area contributed by atoms with Gasteiger partial charge in [-0.2, -0.15) is 0 Å². The molecule has 1 amide bonds. The van der Waals surface area contributed by atoms with Gasteiger partial charge in [0.1, 0.15) is 0 Å². The number of likely N-dealkylation sites (tertiary alicyclic amines) is 1. The maximum atomic E-state index is 12.9. The molecule has 86 valence electrons. The third-order valence-corrected chi connectivity index (χ3v) is 3.13. The van der Waals surface area contributed by atoms with Crippen molar-refractivity contribution in [3.05, 3.63) is 0 Å². The molecular formula is C10H16F2N2O. The van der Waals surface area contributed by atoms with Gasteiger partial charge < -0.3 is 10.2 Å². The molecule has 3 nitrogen and oxygen atoms in total. The molecule has 2 fully saturated rings. The van der Waals surface area contributed by atoms with Gasteiger partial charge in [0.15, 0.2) is 0 Å². The largest absolute Gasteiger partial charge is 0.335 e. The van der Waals surface area contributed by atoms with E-state index in [2.05, 4.69) is 12.2 Å². The smallest absolute Gasteiger partial charge is 0.267 e. The predicted molar refractivity (Wildman–Crippen MR) is 51.7 cm³/mol. The first-order chi connectivity index (χ1) is 6.98. The van der Waals surface area contributed by atoms with Crippen molar-refractivity contribution in [1.29, 1.82) is 0 Å². The fourth-order valence-corrected chi connectivity index (χ4v) is 2.24. The van der Waals surface area contributed by atoms with Gasteiger partial charge in [0.05, 0.1) is 12.6 Å². The molecule has 2 aliphatic rings. The van der Waals surface area contributed by atoms with Crippen LogP contribution in [0.15, 0.2) is 0 Å². The molecule has 0 radical (unpaired) electrons. The number of rotatable bonds is 1. The van der Waals surface area contributed by atoms with E-state index in [0.717, 1.165) is 13.0 Å². The Morgan fingerprint density at radius 2 is 2.27 bits per heavy atom. The number of hydrogen-bond donors (Lipinski definition) is 1. The van der Waals surface area contributed by atoms with Gasteiger partial charge in [0, 0.05) is 13.0 Å².